The normalized spacial score (nSPS) is 15.5. The van der Waals surface area contributed by atoms with Crippen molar-refractivity contribution in [2.75, 3.05) is 19.0 Å². The third kappa shape index (κ3) is 5.21. The fourth-order valence-corrected chi connectivity index (χ4v) is 4.40. The lowest BCUT2D eigenvalue weighted by molar-refractivity contribution is -0.143. The van der Waals surface area contributed by atoms with Crippen molar-refractivity contribution in [1.29, 1.82) is 0 Å². The van der Waals surface area contributed by atoms with Gasteiger partial charge in [0.25, 0.3) is 0 Å². The number of rotatable bonds is 6. The number of nitrogens with one attached hydrogen (secondary N) is 2. The topological polar surface area (TPSA) is 115 Å². The van der Waals surface area contributed by atoms with E-state index in [0.717, 1.165) is 23.9 Å². The first-order valence-electron chi connectivity index (χ1n) is 9.57. The quantitative estimate of drug-likeness (QED) is 0.475. The summed E-state index contributed by atoms with van der Waals surface area (Å²) >= 11 is 0.934. The number of ketones is 1. The van der Waals surface area contributed by atoms with Gasteiger partial charge in [0.1, 0.15) is 0 Å². The predicted octanol–water partition coefficient (Wildman–Crippen LogP) is 3.67. The van der Waals surface area contributed by atoms with Gasteiger partial charge in [-0.15, -0.1) is 11.8 Å². The molecule has 0 bridgehead atoms. The maximum absolute atomic E-state index is 12.8. The Morgan fingerprint density at radius 1 is 1.18 bits per heavy atom. The summed E-state index contributed by atoms with van der Waals surface area (Å²) in [5.74, 6) is -2.67. The van der Waals surface area contributed by atoms with E-state index in [9.17, 15) is 32.3 Å². The maximum Gasteiger partial charge on any atom is 0.416 e. The smallest absolute Gasteiger partial charge is 0.416 e. The second-order valence-corrected chi connectivity index (χ2v) is 8.45. The van der Waals surface area contributed by atoms with Gasteiger partial charge in [0.15, 0.2) is 6.61 Å². The molecular weight excluding hydrogens is 465 g/mol. The van der Waals surface area contributed by atoms with E-state index in [1.807, 2.05) is 0 Å². The summed E-state index contributed by atoms with van der Waals surface area (Å²) in [6.07, 6.45) is -4.94. The van der Waals surface area contributed by atoms with Gasteiger partial charge in [0.05, 0.1) is 41.3 Å². The van der Waals surface area contributed by atoms with Crippen molar-refractivity contribution < 1.29 is 41.8 Å². The van der Waals surface area contributed by atoms with Gasteiger partial charge in [-0.05, 0) is 37.6 Å². The monoisotopic (exact) mass is 484 g/mol. The molecule has 3 rings (SSSR count). The summed E-state index contributed by atoms with van der Waals surface area (Å²) < 4.78 is 48.2. The Labute approximate surface area is 190 Å². The molecule has 0 aliphatic carbocycles. The van der Waals surface area contributed by atoms with E-state index in [4.69, 9.17) is 4.74 Å². The van der Waals surface area contributed by atoms with Crippen LogP contribution >= 0.6 is 11.8 Å². The first kappa shape index (κ1) is 24.4. The molecule has 0 saturated heterocycles. The molecule has 2 heterocycles. The standard InChI is InChI=1S/C21H19F3N2O6S/c1-9-17(20(30)31-3)10(2)25-18(9)13(27)8-32-16(28)7-15-19(29)26-12-6-11(21(22,23)24)4-5-14(12)33-15/h4-6,15,25H,7-8H2,1-3H3,(H,26,29). The zero-order valence-corrected chi connectivity index (χ0v) is 18.5. The molecular formula is C21H19F3N2O6S. The fraction of sp³-hybridized carbons (Fsp3) is 0.333. The number of benzene rings is 1. The minimum absolute atomic E-state index is 0.0126. The molecule has 2 N–H and O–H groups in total. The van der Waals surface area contributed by atoms with Crippen molar-refractivity contribution >= 4 is 41.1 Å². The molecule has 1 amide bonds. The molecule has 2 aromatic rings. The molecule has 1 aliphatic heterocycles. The predicted molar refractivity (Wildman–Crippen MR) is 111 cm³/mol. The number of anilines is 1. The van der Waals surface area contributed by atoms with Crippen LogP contribution in [0.25, 0.3) is 0 Å². The average molecular weight is 484 g/mol. The highest BCUT2D eigenvalue weighted by Crippen LogP contribution is 2.40. The molecule has 176 valence electrons. The SMILES string of the molecule is COC(=O)c1c(C)[nH]c(C(=O)COC(=O)CC2Sc3ccc(C(F)(F)F)cc3NC2=O)c1C. The highest BCUT2D eigenvalue weighted by Gasteiger charge is 2.34. The number of fused-ring (bicyclic) bond motifs is 1. The molecule has 0 radical (unpaired) electrons. The van der Waals surface area contributed by atoms with Crippen LogP contribution in [0.15, 0.2) is 23.1 Å². The number of aromatic amines is 1. The van der Waals surface area contributed by atoms with E-state index < -0.39 is 47.2 Å². The van der Waals surface area contributed by atoms with Gasteiger partial charge in [0.2, 0.25) is 11.7 Å². The molecule has 1 unspecified atom stereocenters. The van der Waals surface area contributed by atoms with Gasteiger partial charge in [-0.2, -0.15) is 13.2 Å². The number of halogens is 3. The van der Waals surface area contributed by atoms with Crippen molar-refractivity contribution in [2.45, 2.75) is 36.6 Å². The number of methoxy groups -OCH3 is 1. The minimum Gasteiger partial charge on any atom is -0.465 e. The van der Waals surface area contributed by atoms with Crippen LogP contribution in [-0.2, 0) is 25.2 Å². The van der Waals surface area contributed by atoms with E-state index in [1.165, 1.54) is 13.2 Å². The molecule has 0 fully saturated rings. The number of esters is 2. The third-order valence-electron chi connectivity index (χ3n) is 4.95. The van der Waals surface area contributed by atoms with E-state index in [2.05, 4.69) is 15.0 Å². The number of aryl methyl sites for hydroxylation is 1. The Morgan fingerprint density at radius 2 is 1.88 bits per heavy atom. The van der Waals surface area contributed by atoms with Crippen LogP contribution in [0.4, 0.5) is 18.9 Å². The number of alkyl halides is 3. The lowest BCUT2D eigenvalue weighted by Gasteiger charge is -2.24. The Morgan fingerprint density at radius 3 is 2.52 bits per heavy atom. The van der Waals surface area contributed by atoms with E-state index in [-0.39, 0.29) is 23.4 Å². The molecule has 1 aromatic carbocycles. The van der Waals surface area contributed by atoms with Crippen LogP contribution in [0.2, 0.25) is 0 Å². The molecule has 1 aromatic heterocycles. The van der Waals surface area contributed by atoms with Crippen LogP contribution < -0.4 is 5.32 Å². The number of carbonyl (C=O) groups is 4. The van der Waals surface area contributed by atoms with E-state index in [1.54, 1.807) is 13.8 Å². The van der Waals surface area contributed by atoms with Crippen molar-refractivity contribution in [1.82, 2.24) is 4.98 Å². The largest absolute Gasteiger partial charge is 0.465 e. The summed E-state index contributed by atoms with van der Waals surface area (Å²) in [6, 6.07) is 2.94. The molecule has 1 atom stereocenters. The van der Waals surface area contributed by atoms with Gasteiger partial charge in [-0.25, -0.2) is 4.79 Å². The number of carbonyl (C=O) groups excluding carboxylic acids is 4. The van der Waals surface area contributed by atoms with Gasteiger partial charge in [0, 0.05) is 10.6 Å². The van der Waals surface area contributed by atoms with Crippen molar-refractivity contribution in [3.05, 3.63) is 46.3 Å². The molecule has 12 heteroatoms. The van der Waals surface area contributed by atoms with Crippen LogP contribution in [0, 0.1) is 13.8 Å². The minimum atomic E-state index is -4.55. The first-order chi connectivity index (χ1) is 15.4. The van der Waals surface area contributed by atoms with Gasteiger partial charge in [-0.3, -0.25) is 14.4 Å². The highest BCUT2D eigenvalue weighted by atomic mass is 32.2. The number of H-pyrrole nitrogens is 1. The summed E-state index contributed by atoms with van der Waals surface area (Å²) in [6.45, 7) is 2.52. The maximum atomic E-state index is 12.8. The van der Waals surface area contributed by atoms with Crippen molar-refractivity contribution in [3.63, 3.8) is 0 Å². The number of thioether (sulfide) groups is 1. The lowest BCUT2D eigenvalue weighted by Crippen LogP contribution is -2.32. The molecule has 0 saturated carbocycles. The second kappa shape index (κ2) is 9.30. The summed E-state index contributed by atoms with van der Waals surface area (Å²) in [5.41, 5.74) is 0.214. The summed E-state index contributed by atoms with van der Waals surface area (Å²) in [4.78, 5) is 51.9. The fourth-order valence-electron chi connectivity index (χ4n) is 3.33. The van der Waals surface area contributed by atoms with Crippen LogP contribution in [-0.4, -0.2) is 47.6 Å². The van der Waals surface area contributed by atoms with E-state index >= 15 is 0 Å². The number of ether oxygens (including phenoxy) is 2. The molecule has 33 heavy (non-hydrogen) atoms. The number of Topliss-reactive ketones (excluding diaryl/α,β-unsaturated/α-hetero) is 1. The van der Waals surface area contributed by atoms with Gasteiger partial charge < -0.3 is 19.8 Å². The van der Waals surface area contributed by atoms with Gasteiger partial charge in [-0.1, -0.05) is 0 Å². The first-order valence-corrected chi connectivity index (χ1v) is 10.5. The molecule has 8 nitrogen and oxygen atoms in total. The lowest BCUT2D eigenvalue weighted by atomic mass is 10.1. The summed E-state index contributed by atoms with van der Waals surface area (Å²) in [5, 5.41) is 1.43. The number of amides is 1. The Balaban J connectivity index is 1.61. The Kier molecular flexibility index (Phi) is 6.86. The van der Waals surface area contributed by atoms with Crippen molar-refractivity contribution in [3.8, 4) is 0 Å². The van der Waals surface area contributed by atoms with Crippen LogP contribution in [0.3, 0.4) is 0 Å². The highest BCUT2D eigenvalue weighted by molar-refractivity contribution is 8.01. The molecule has 0 spiro atoms. The second-order valence-electron chi connectivity index (χ2n) is 7.21. The Hall–Kier alpha value is -3.28. The number of hydrogen-bond donors (Lipinski definition) is 2. The number of aromatic nitrogens is 1. The Bertz CT molecular complexity index is 1140. The third-order valence-corrected chi connectivity index (χ3v) is 6.22. The van der Waals surface area contributed by atoms with E-state index in [0.29, 0.717) is 16.2 Å². The zero-order valence-electron chi connectivity index (χ0n) is 17.7. The molecule has 1 aliphatic rings. The van der Waals surface area contributed by atoms with Crippen LogP contribution in [0.5, 0.6) is 0 Å². The van der Waals surface area contributed by atoms with Crippen LogP contribution in [0.1, 0.15) is 44.1 Å². The zero-order chi connectivity index (χ0) is 24.5. The van der Waals surface area contributed by atoms with Crippen molar-refractivity contribution in [2.24, 2.45) is 0 Å². The number of hydrogen-bond acceptors (Lipinski definition) is 7. The van der Waals surface area contributed by atoms with Gasteiger partial charge >= 0.3 is 18.1 Å². The summed E-state index contributed by atoms with van der Waals surface area (Å²) in [7, 11) is 1.21. The average Bonchev–Trinajstić information content (AvgIpc) is 3.05.